The first-order chi connectivity index (χ1) is 7.20. The molecule has 0 saturated carbocycles. The van der Waals surface area contributed by atoms with Gasteiger partial charge in [-0.1, -0.05) is 0 Å². The molecular weight excluding hydrogens is 192 g/mol. The van der Waals surface area contributed by atoms with E-state index in [9.17, 15) is 4.79 Å². The number of hydrogen-bond donors (Lipinski definition) is 1. The Bertz CT molecular complexity index is 387. The second-order valence-electron chi connectivity index (χ2n) is 3.61. The van der Waals surface area contributed by atoms with E-state index in [-0.39, 0.29) is 5.91 Å². The first kappa shape index (κ1) is 9.89. The van der Waals surface area contributed by atoms with Gasteiger partial charge in [-0.3, -0.25) is 4.79 Å². The third-order valence-electron chi connectivity index (χ3n) is 2.44. The van der Waals surface area contributed by atoms with Crippen LogP contribution in [0, 0.1) is 6.92 Å². The van der Waals surface area contributed by atoms with Gasteiger partial charge >= 0.3 is 0 Å². The highest BCUT2D eigenvalue weighted by atomic mass is 16.2. The highest BCUT2D eigenvalue weighted by Gasteiger charge is 2.23. The van der Waals surface area contributed by atoms with Crippen molar-refractivity contribution in [2.45, 2.75) is 13.3 Å². The van der Waals surface area contributed by atoms with Crippen molar-refractivity contribution in [3.8, 4) is 0 Å². The summed E-state index contributed by atoms with van der Waals surface area (Å²) in [5, 5.41) is 2.85. The van der Waals surface area contributed by atoms with Crippen molar-refractivity contribution in [2.75, 3.05) is 25.5 Å². The fourth-order valence-corrected chi connectivity index (χ4v) is 1.47. The molecule has 0 spiro atoms. The molecule has 0 unspecified atom stereocenters. The second-order valence-corrected chi connectivity index (χ2v) is 3.61. The van der Waals surface area contributed by atoms with E-state index >= 15 is 0 Å². The van der Waals surface area contributed by atoms with Gasteiger partial charge in [-0.2, -0.15) is 0 Å². The van der Waals surface area contributed by atoms with E-state index in [1.165, 1.54) is 0 Å². The number of nitrogens with one attached hydrogen (secondary N) is 1. The molecule has 80 valence electrons. The predicted octanol–water partition coefficient (Wildman–Crippen LogP) is 0.673. The molecule has 0 atom stereocenters. The second kappa shape index (κ2) is 3.84. The lowest BCUT2D eigenvalue weighted by molar-refractivity contribution is 0.0645. The third-order valence-corrected chi connectivity index (χ3v) is 2.44. The molecule has 1 N–H and O–H groups in total. The van der Waals surface area contributed by atoms with E-state index < -0.39 is 0 Å². The fraction of sp³-hybridized carbons (Fsp3) is 0.500. The molecule has 2 heterocycles. The Labute approximate surface area is 88.5 Å². The zero-order chi connectivity index (χ0) is 10.8. The Balaban J connectivity index is 2.26. The SMILES string of the molecule is CNc1nc(C)cc(C(=O)N2CCC2)n1. The maximum absolute atomic E-state index is 11.9. The molecule has 2 rings (SSSR count). The zero-order valence-electron chi connectivity index (χ0n) is 8.95. The van der Waals surface area contributed by atoms with Crippen LogP contribution < -0.4 is 5.32 Å². The van der Waals surface area contributed by atoms with Crippen LogP contribution in [0.2, 0.25) is 0 Å². The van der Waals surface area contributed by atoms with Crippen LogP contribution >= 0.6 is 0 Å². The van der Waals surface area contributed by atoms with Crippen molar-refractivity contribution in [1.82, 2.24) is 14.9 Å². The summed E-state index contributed by atoms with van der Waals surface area (Å²) >= 11 is 0. The minimum absolute atomic E-state index is 0.00301. The lowest BCUT2D eigenvalue weighted by Gasteiger charge is -2.30. The summed E-state index contributed by atoms with van der Waals surface area (Å²) < 4.78 is 0. The molecule has 1 aromatic heterocycles. The van der Waals surface area contributed by atoms with Crippen LogP contribution in [0.25, 0.3) is 0 Å². The number of carbonyl (C=O) groups is 1. The standard InChI is InChI=1S/C10H14N4O/c1-7-6-8(13-10(11-2)12-7)9(15)14-4-3-5-14/h6H,3-5H2,1-2H3,(H,11,12,13). The number of amides is 1. The van der Waals surface area contributed by atoms with E-state index in [1.54, 1.807) is 18.0 Å². The highest BCUT2D eigenvalue weighted by Crippen LogP contribution is 2.12. The normalized spacial score (nSPS) is 14.7. The van der Waals surface area contributed by atoms with Crippen molar-refractivity contribution in [3.05, 3.63) is 17.5 Å². The van der Waals surface area contributed by atoms with Crippen LogP contribution in [-0.4, -0.2) is 40.9 Å². The summed E-state index contributed by atoms with van der Waals surface area (Å²) in [6.07, 6.45) is 1.09. The zero-order valence-corrected chi connectivity index (χ0v) is 8.95. The van der Waals surface area contributed by atoms with Gasteiger partial charge in [-0.15, -0.1) is 0 Å². The van der Waals surface area contributed by atoms with Gasteiger partial charge in [0.15, 0.2) is 0 Å². The van der Waals surface area contributed by atoms with E-state index in [2.05, 4.69) is 15.3 Å². The maximum Gasteiger partial charge on any atom is 0.272 e. The topological polar surface area (TPSA) is 58.1 Å². The minimum Gasteiger partial charge on any atom is -0.357 e. The number of likely N-dealkylation sites (tertiary alicyclic amines) is 1. The molecule has 0 bridgehead atoms. The largest absolute Gasteiger partial charge is 0.357 e. The van der Waals surface area contributed by atoms with Crippen molar-refractivity contribution < 1.29 is 4.79 Å². The smallest absolute Gasteiger partial charge is 0.272 e. The van der Waals surface area contributed by atoms with E-state index in [4.69, 9.17) is 0 Å². The molecule has 1 aliphatic rings. The molecule has 1 saturated heterocycles. The van der Waals surface area contributed by atoms with Crippen LogP contribution in [0.1, 0.15) is 22.6 Å². The Morgan fingerprint density at radius 2 is 2.20 bits per heavy atom. The Morgan fingerprint density at radius 1 is 1.47 bits per heavy atom. The molecule has 15 heavy (non-hydrogen) atoms. The monoisotopic (exact) mass is 206 g/mol. The average molecular weight is 206 g/mol. The molecule has 0 aromatic carbocycles. The number of aryl methyl sites for hydroxylation is 1. The Hall–Kier alpha value is -1.65. The van der Waals surface area contributed by atoms with Gasteiger partial charge in [0.2, 0.25) is 5.95 Å². The number of nitrogens with zero attached hydrogens (tertiary/aromatic N) is 3. The van der Waals surface area contributed by atoms with Crippen molar-refractivity contribution in [2.24, 2.45) is 0 Å². The fourth-order valence-electron chi connectivity index (χ4n) is 1.47. The number of rotatable bonds is 2. The molecule has 1 amide bonds. The molecule has 1 fully saturated rings. The van der Waals surface area contributed by atoms with Gasteiger partial charge in [0.1, 0.15) is 5.69 Å². The summed E-state index contributed by atoms with van der Waals surface area (Å²) in [4.78, 5) is 21.9. The predicted molar refractivity (Wildman–Crippen MR) is 56.8 cm³/mol. The molecule has 5 heteroatoms. The summed E-state index contributed by atoms with van der Waals surface area (Å²) in [6.45, 7) is 3.54. The van der Waals surface area contributed by atoms with Crippen LogP contribution in [0.3, 0.4) is 0 Å². The summed E-state index contributed by atoms with van der Waals surface area (Å²) in [6, 6.07) is 1.72. The van der Waals surface area contributed by atoms with E-state index in [0.717, 1.165) is 25.2 Å². The Kier molecular flexibility index (Phi) is 2.53. The molecule has 0 aliphatic carbocycles. The maximum atomic E-state index is 11.9. The average Bonchev–Trinajstić information content (AvgIpc) is 2.14. The van der Waals surface area contributed by atoms with Gasteiger partial charge in [0.05, 0.1) is 0 Å². The van der Waals surface area contributed by atoms with Gasteiger partial charge in [-0.25, -0.2) is 9.97 Å². The number of anilines is 1. The summed E-state index contributed by atoms with van der Waals surface area (Å²) in [5.41, 5.74) is 1.28. The van der Waals surface area contributed by atoms with Crippen molar-refractivity contribution in [1.29, 1.82) is 0 Å². The van der Waals surface area contributed by atoms with Crippen LogP contribution in [-0.2, 0) is 0 Å². The van der Waals surface area contributed by atoms with Crippen LogP contribution in [0.15, 0.2) is 6.07 Å². The molecule has 5 nitrogen and oxygen atoms in total. The molecule has 0 radical (unpaired) electrons. The number of hydrogen-bond acceptors (Lipinski definition) is 4. The van der Waals surface area contributed by atoms with E-state index in [0.29, 0.717) is 11.6 Å². The van der Waals surface area contributed by atoms with Gasteiger partial charge < -0.3 is 10.2 Å². The number of aromatic nitrogens is 2. The van der Waals surface area contributed by atoms with Crippen molar-refractivity contribution in [3.63, 3.8) is 0 Å². The lowest BCUT2D eigenvalue weighted by atomic mass is 10.2. The highest BCUT2D eigenvalue weighted by molar-refractivity contribution is 5.93. The quantitative estimate of drug-likeness (QED) is 0.772. The van der Waals surface area contributed by atoms with Gasteiger partial charge in [0, 0.05) is 25.8 Å². The van der Waals surface area contributed by atoms with E-state index in [1.807, 2.05) is 6.92 Å². The molecular formula is C10H14N4O. The lowest BCUT2D eigenvalue weighted by Crippen LogP contribution is -2.42. The molecule has 1 aromatic rings. The van der Waals surface area contributed by atoms with Gasteiger partial charge in [0.25, 0.3) is 5.91 Å². The molecule has 1 aliphatic heterocycles. The third kappa shape index (κ3) is 1.91. The van der Waals surface area contributed by atoms with Crippen LogP contribution in [0.4, 0.5) is 5.95 Å². The Morgan fingerprint density at radius 3 is 2.73 bits per heavy atom. The van der Waals surface area contributed by atoms with Crippen LogP contribution in [0.5, 0.6) is 0 Å². The van der Waals surface area contributed by atoms with Crippen molar-refractivity contribution >= 4 is 11.9 Å². The first-order valence-corrected chi connectivity index (χ1v) is 5.03. The summed E-state index contributed by atoms with van der Waals surface area (Å²) in [7, 11) is 1.74. The van der Waals surface area contributed by atoms with Gasteiger partial charge in [-0.05, 0) is 19.4 Å². The summed E-state index contributed by atoms with van der Waals surface area (Å²) in [5.74, 6) is 0.502. The number of carbonyl (C=O) groups excluding carboxylic acids is 1. The first-order valence-electron chi connectivity index (χ1n) is 5.03. The minimum atomic E-state index is 0.00301.